The number of methoxy groups -OCH3 is 1. The third-order valence-corrected chi connectivity index (χ3v) is 5.22. The Morgan fingerprint density at radius 1 is 1.36 bits per heavy atom. The summed E-state index contributed by atoms with van der Waals surface area (Å²) in [6.07, 6.45) is 1.93. The number of nitrogens with two attached hydrogens (primary N) is 1. The number of amides is 1. The fraction of sp³-hybridized carbons (Fsp3) is 0.619. The molecule has 7 nitrogen and oxygen atoms in total. The summed E-state index contributed by atoms with van der Waals surface area (Å²) in [5.74, 6) is 0.540. The molecule has 1 saturated heterocycles. The average Bonchev–Trinajstić information content (AvgIpc) is 2.68. The molecule has 1 aromatic carbocycles. The van der Waals surface area contributed by atoms with Crippen LogP contribution in [-0.4, -0.2) is 56.2 Å². The number of hydrogen-bond donors (Lipinski definition) is 3. The minimum atomic E-state index is -0.255. The highest BCUT2D eigenvalue weighted by Gasteiger charge is 2.23. The molecule has 2 rings (SSSR count). The number of rotatable bonds is 8. The van der Waals surface area contributed by atoms with Crippen LogP contribution in [0.1, 0.15) is 37.8 Å². The molecule has 0 saturated carbocycles. The molecule has 1 heterocycles. The number of hydrogen-bond acceptors (Lipinski definition) is 4. The van der Waals surface area contributed by atoms with E-state index >= 15 is 0 Å². The van der Waals surface area contributed by atoms with Gasteiger partial charge in [-0.1, -0.05) is 24.3 Å². The lowest BCUT2D eigenvalue weighted by Gasteiger charge is -2.31. The predicted molar refractivity (Wildman–Crippen MR) is 113 cm³/mol. The fourth-order valence-electron chi connectivity index (χ4n) is 3.30. The molecule has 1 amide bonds. The van der Waals surface area contributed by atoms with Gasteiger partial charge in [0.25, 0.3) is 0 Å². The van der Waals surface area contributed by atoms with Crippen LogP contribution in [0.25, 0.3) is 0 Å². The summed E-state index contributed by atoms with van der Waals surface area (Å²) in [5, 5.41) is 6.63. The molecule has 7 heteroatoms. The van der Waals surface area contributed by atoms with Crippen LogP contribution in [0.2, 0.25) is 0 Å². The van der Waals surface area contributed by atoms with Gasteiger partial charge < -0.3 is 21.1 Å². The maximum atomic E-state index is 11.5. The van der Waals surface area contributed by atoms with Gasteiger partial charge in [-0.3, -0.25) is 14.7 Å². The highest BCUT2D eigenvalue weighted by Crippen LogP contribution is 2.18. The Balaban J connectivity index is 1.87. The Hall–Kier alpha value is -2.12. The summed E-state index contributed by atoms with van der Waals surface area (Å²) < 4.78 is 5.43. The quantitative estimate of drug-likeness (QED) is 0.463. The first kappa shape index (κ1) is 22.2. The normalized spacial score (nSPS) is 18.7. The molecule has 1 aliphatic heterocycles. The molecule has 0 aliphatic carbocycles. The second-order valence-electron chi connectivity index (χ2n) is 8.04. The van der Waals surface area contributed by atoms with Crippen molar-refractivity contribution in [3.05, 3.63) is 35.4 Å². The minimum absolute atomic E-state index is 0.0238. The predicted octanol–water partition coefficient (Wildman–Crippen LogP) is 1.47. The van der Waals surface area contributed by atoms with E-state index in [-0.39, 0.29) is 17.4 Å². The van der Waals surface area contributed by atoms with Gasteiger partial charge in [-0.05, 0) is 44.4 Å². The Labute approximate surface area is 168 Å². The van der Waals surface area contributed by atoms with E-state index in [1.54, 1.807) is 14.2 Å². The average molecular weight is 390 g/mol. The molecule has 0 radical (unpaired) electrons. The van der Waals surface area contributed by atoms with Gasteiger partial charge in [0.2, 0.25) is 5.91 Å². The molecule has 0 bridgehead atoms. The van der Waals surface area contributed by atoms with Crippen molar-refractivity contribution >= 4 is 11.9 Å². The summed E-state index contributed by atoms with van der Waals surface area (Å²) in [5.41, 5.74) is 7.67. The van der Waals surface area contributed by atoms with Gasteiger partial charge in [0.15, 0.2) is 5.96 Å². The van der Waals surface area contributed by atoms with E-state index in [1.807, 2.05) is 13.8 Å². The lowest BCUT2D eigenvalue weighted by atomic mass is 9.97. The number of likely N-dealkylation sites (tertiary alicyclic amines) is 1. The molecule has 28 heavy (non-hydrogen) atoms. The standard InChI is InChI=1S/C21H35N5O2/c1-21(2,28-4)15-25-20(23-3)24-12-16-7-5-8-17(11-16)13-26-10-6-9-18(14-26)19(22)27/h5,7-8,11,18H,6,9-10,12-15H2,1-4H3,(H2,22,27)(H2,23,24,25). The molecule has 1 aromatic rings. The Morgan fingerprint density at radius 3 is 2.79 bits per heavy atom. The number of carbonyl (C=O) groups is 1. The molecule has 4 N–H and O–H groups in total. The third kappa shape index (κ3) is 7.13. The van der Waals surface area contributed by atoms with Crippen LogP contribution in [0.3, 0.4) is 0 Å². The van der Waals surface area contributed by atoms with Crippen LogP contribution in [0.5, 0.6) is 0 Å². The van der Waals surface area contributed by atoms with Crippen LogP contribution in [0.15, 0.2) is 29.3 Å². The molecular formula is C21H35N5O2. The second kappa shape index (κ2) is 10.4. The van der Waals surface area contributed by atoms with E-state index in [0.717, 1.165) is 38.4 Å². The number of primary amides is 1. The zero-order chi connectivity index (χ0) is 20.6. The molecular weight excluding hydrogens is 354 g/mol. The highest BCUT2D eigenvalue weighted by atomic mass is 16.5. The van der Waals surface area contributed by atoms with Crippen molar-refractivity contribution < 1.29 is 9.53 Å². The molecule has 156 valence electrons. The first-order chi connectivity index (χ1) is 13.3. The lowest BCUT2D eigenvalue weighted by molar-refractivity contribution is -0.123. The molecule has 1 fully saturated rings. The van der Waals surface area contributed by atoms with Crippen molar-refractivity contribution in [3.63, 3.8) is 0 Å². The number of nitrogens with zero attached hydrogens (tertiary/aromatic N) is 2. The van der Waals surface area contributed by atoms with Gasteiger partial charge in [0, 0.05) is 40.3 Å². The Morgan fingerprint density at radius 2 is 2.11 bits per heavy atom. The fourth-order valence-corrected chi connectivity index (χ4v) is 3.30. The van der Waals surface area contributed by atoms with Crippen LogP contribution in [-0.2, 0) is 22.6 Å². The zero-order valence-corrected chi connectivity index (χ0v) is 17.6. The SMILES string of the molecule is CN=C(NCc1cccc(CN2CCCC(C(N)=O)C2)c1)NCC(C)(C)OC. The summed E-state index contributed by atoms with van der Waals surface area (Å²) in [6, 6.07) is 8.51. The molecule has 1 unspecified atom stereocenters. The number of nitrogens with one attached hydrogen (secondary N) is 2. The minimum Gasteiger partial charge on any atom is -0.377 e. The van der Waals surface area contributed by atoms with E-state index in [0.29, 0.717) is 13.1 Å². The summed E-state index contributed by atoms with van der Waals surface area (Å²) >= 11 is 0. The van der Waals surface area contributed by atoms with E-state index in [4.69, 9.17) is 10.5 Å². The number of benzene rings is 1. The van der Waals surface area contributed by atoms with Gasteiger partial charge >= 0.3 is 0 Å². The Kier molecular flexibility index (Phi) is 8.26. The van der Waals surface area contributed by atoms with Crippen molar-refractivity contribution in [1.29, 1.82) is 0 Å². The first-order valence-electron chi connectivity index (χ1n) is 9.92. The van der Waals surface area contributed by atoms with Crippen LogP contribution in [0, 0.1) is 5.92 Å². The summed E-state index contributed by atoms with van der Waals surface area (Å²) in [6.45, 7) is 8.01. The highest BCUT2D eigenvalue weighted by molar-refractivity contribution is 5.79. The number of piperidine rings is 1. The molecule has 0 aromatic heterocycles. The van der Waals surface area contributed by atoms with Crippen molar-refractivity contribution in [1.82, 2.24) is 15.5 Å². The summed E-state index contributed by atoms with van der Waals surface area (Å²) in [4.78, 5) is 18.1. The van der Waals surface area contributed by atoms with Crippen LogP contribution < -0.4 is 16.4 Å². The van der Waals surface area contributed by atoms with Gasteiger partial charge in [0.05, 0.1) is 11.5 Å². The largest absolute Gasteiger partial charge is 0.377 e. The van der Waals surface area contributed by atoms with Crippen molar-refractivity contribution in [2.45, 2.75) is 45.4 Å². The number of carbonyl (C=O) groups excluding carboxylic acids is 1. The zero-order valence-electron chi connectivity index (χ0n) is 17.6. The molecule has 1 atom stereocenters. The van der Waals surface area contributed by atoms with Gasteiger partial charge in [-0.25, -0.2) is 0 Å². The number of aliphatic imine (C=N–C) groups is 1. The smallest absolute Gasteiger partial charge is 0.221 e. The van der Waals surface area contributed by atoms with Crippen molar-refractivity contribution in [2.75, 3.05) is 33.8 Å². The number of guanidine groups is 1. The topological polar surface area (TPSA) is 92.0 Å². The monoisotopic (exact) mass is 389 g/mol. The molecule has 0 spiro atoms. The maximum absolute atomic E-state index is 11.5. The lowest BCUT2D eigenvalue weighted by Crippen LogP contribution is -2.45. The summed E-state index contributed by atoms with van der Waals surface area (Å²) in [7, 11) is 3.47. The van der Waals surface area contributed by atoms with E-state index < -0.39 is 0 Å². The molecule has 1 aliphatic rings. The van der Waals surface area contributed by atoms with Crippen LogP contribution >= 0.6 is 0 Å². The van der Waals surface area contributed by atoms with Gasteiger partial charge in [0.1, 0.15) is 0 Å². The van der Waals surface area contributed by atoms with E-state index in [2.05, 4.69) is 44.8 Å². The van der Waals surface area contributed by atoms with Crippen LogP contribution in [0.4, 0.5) is 0 Å². The van der Waals surface area contributed by atoms with Gasteiger partial charge in [-0.15, -0.1) is 0 Å². The third-order valence-electron chi connectivity index (χ3n) is 5.22. The maximum Gasteiger partial charge on any atom is 0.221 e. The van der Waals surface area contributed by atoms with Crippen molar-refractivity contribution in [2.24, 2.45) is 16.6 Å². The van der Waals surface area contributed by atoms with Gasteiger partial charge in [-0.2, -0.15) is 0 Å². The number of ether oxygens (including phenoxy) is 1. The van der Waals surface area contributed by atoms with E-state index in [9.17, 15) is 4.79 Å². The first-order valence-corrected chi connectivity index (χ1v) is 9.92. The van der Waals surface area contributed by atoms with E-state index in [1.165, 1.54) is 11.1 Å². The Bertz CT molecular complexity index is 675. The van der Waals surface area contributed by atoms with Crippen molar-refractivity contribution in [3.8, 4) is 0 Å². The second-order valence-corrected chi connectivity index (χ2v) is 8.04.